The molecule has 25 heavy (non-hydrogen) atoms. The van der Waals surface area contributed by atoms with E-state index >= 15 is 0 Å². The number of carbonyl (C=O) groups is 1. The Bertz CT molecular complexity index is 817. The standard InChI is InChI=1S/C21H21NO3/c23-20(24)16-7-5-15(6-8-16)13-17-14-21(9-11-22-12-10-21)25-19-4-2-1-3-18(17)19/h1-8,14,22H,9-13H2,(H,23,24). The number of rotatable bonds is 3. The zero-order chi connectivity index (χ0) is 17.3. The first-order valence-electron chi connectivity index (χ1n) is 8.68. The number of hydrogen-bond donors (Lipinski definition) is 2. The van der Waals surface area contributed by atoms with Gasteiger partial charge >= 0.3 is 5.97 Å². The van der Waals surface area contributed by atoms with Gasteiger partial charge in [-0.15, -0.1) is 0 Å². The van der Waals surface area contributed by atoms with E-state index in [2.05, 4.69) is 17.5 Å². The summed E-state index contributed by atoms with van der Waals surface area (Å²) in [6.07, 6.45) is 4.99. The minimum atomic E-state index is -0.893. The molecule has 0 bridgehead atoms. The summed E-state index contributed by atoms with van der Waals surface area (Å²) in [6, 6.07) is 15.3. The van der Waals surface area contributed by atoms with E-state index in [1.807, 2.05) is 30.3 Å². The van der Waals surface area contributed by atoms with Gasteiger partial charge in [-0.2, -0.15) is 0 Å². The molecular weight excluding hydrogens is 314 g/mol. The molecule has 2 aliphatic rings. The van der Waals surface area contributed by atoms with Crippen molar-refractivity contribution in [1.82, 2.24) is 5.32 Å². The molecule has 0 atom stereocenters. The van der Waals surface area contributed by atoms with Crippen molar-refractivity contribution >= 4 is 11.5 Å². The maximum atomic E-state index is 11.0. The third-order valence-electron chi connectivity index (χ3n) is 5.03. The molecule has 2 aromatic rings. The van der Waals surface area contributed by atoms with Gasteiger partial charge in [0.15, 0.2) is 0 Å². The van der Waals surface area contributed by atoms with Crippen molar-refractivity contribution in [1.29, 1.82) is 0 Å². The Labute approximate surface area is 147 Å². The lowest BCUT2D eigenvalue weighted by molar-refractivity contribution is 0.0696. The molecule has 4 heteroatoms. The van der Waals surface area contributed by atoms with Crippen LogP contribution in [0.15, 0.2) is 54.6 Å². The SMILES string of the molecule is O=C(O)c1ccc(CC2=CC3(CCNCC3)Oc3ccccc32)cc1. The van der Waals surface area contributed by atoms with Gasteiger partial charge in [0.05, 0.1) is 5.56 Å². The van der Waals surface area contributed by atoms with Gasteiger partial charge in [-0.25, -0.2) is 4.79 Å². The average molecular weight is 335 g/mol. The lowest BCUT2D eigenvalue weighted by Gasteiger charge is -2.40. The van der Waals surface area contributed by atoms with Crippen LogP contribution in [-0.4, -0.2) is 29.8 Å². The van der Waals surface area contributed by atoms with Crippen molar-refractivity contribution in [2.24, 2.45) is 0 Å². The Morgan fingerprint density at radius 3 is 2.52 bits per heavy atom. The van der Waals surface area contributed by atoms with Crippen LogP contribution in [0.5, 0.6) is 5.75 Å². The molecule has 0 aromatic heterocycles. The second kappa shape index (κ2) is 6.37. The first-order chi connectivity index (χ1) is 12.2. The lowest BCUT2D eigenvalue weighted by atomic mass is 9.83. The van der Waals surface area contributed by atoms with E-state index in [0.29, 0.717) is 5.56 Å². The Hall–Kier alpha value is -2.59. The molecule has 0 radical (unpaired) electrons. The Morgan fingerprint density at radius 1 is 1.08 bits per heavy atom. The van der Waals surface area contributed by atoms with E-state index in [1.165, 1.54) is 5.57 Å². The van der Waals surface area contributed by atoms with Gasteiger partial charge in [-0.05, 0) is 54.9 Å². The second-order valence-corrected chi connectivity index (χ2v) is 6.76. The van der Waals surface area contributed by atoms with Crippen LogP contribution in [0.1, 0.15) is 34.3 Å². The Morgan fingerprint density at radius 2 is 1.80 bits per heavy atom. The molecule has 128 valence electrons. The van der Waals surface area contributed by atoms with E-state index in [-0.39, 0.29) is 5.60 Å². The van der Waals surface area contributed by atoms with Crippen molar-refractivity contribution in [3.8, 4) is 5.75 Å². The van der Waals surface area contributed by atoms with Gasteiger partial charge in [0.25, 0.3) is 0 Å². The summed E-state index contributed by atoms with van der Waals surface area (Å²) in [5, 5.41) is 12.5. The number of hydrogen-bond acceptors (Lipinski definition) is 3. The van der Waals surface area contributed by atoms with Crippen molar-refractivity contribution in [3.05, 3.63) is 71.3 Å². The van der Waals surface area contributed by atoms with Gasteiger partial charge in [0, 0.05) is 18.4 Å². The zero-order valence-corrected chi connectivity index (χ0v) is 14.0. The number of nitrogens with one attached hydrogen (secondary N) is 1. The molecule has 0 amide bonds. The average Bonchev–Trinajstić information content (AvgIpc) is 2.63. The molecule has 4 rings (SSSR count). The predicted molar refractivity (Wildman–Crippen MR) is 97.0 cm³/mol. The highest BCUT2D eigenvalue weighted by Gasteiger charge is 2.36. The molecule has 2 N–H and O–H groups in total. The molecule has 0 aliphatic carbocycles. The highest BCUT2D eigenvalue weighted by atomic mass is 16.5. The lowest BCUT2D eigenvalue weighted by Crippen LogP contribution is -2.46. The third-order valence-corrected chi connectivity index (χ3v) is 5.03. The number of para-hydroxylation sites is 1. The molecule has 2 aromatic carbocycles. The monoisotopic (exact) mass is 335 g/mol. The van der Waals surface area contributed by atoms with Crippen LogP contribution in [0, 0.1) is 0 Å². The van der Waals surface area contributed by atoms with E-state index in [9.17, 15) is 4.79 Å². The molecule has 0 saturated carbocycles. The predicted octanol–water partition coefficient (Wildman–Crippen LogP) is 3.53. The molecule has 1 spiro atoms. The molecule has 2 aliphatic heterocycles. The summed E-state index contributed by atoms with van der Waals surface area (Å²) in [5.74, 6) is 0.0555. The van der Waals surface area contributed by atoms with Crippen LogP contribution in [0.25, 0.3) is 5.57 Å². The minimum Gasteiger partial charge on any atom is -0.482 e. The molecular formula is C21H21NO3. The van der Waals surface area contributed by atoms with Crippen LogP contribution in [0.3, 0.4) is 0 Å². The fraction of sp³-hybridized carbons (Fsp3) is 0.286. The van der Waals surface area contributed by atoms with E-state index in [0.717, 1.165) is 49.2 Å². The minimum absolute atomic E-state index is 0.226. The fourth-order valence-electron chi connectivity index (χ4n) is 3.69. The van der Waals surface area contributed by atoms with Gasteiger partial charge in [0.1, 0.15) is 11.4 Å². The van der Waals surface area contributed by atoms with Crippen LogP contribution in [0.2, 0.25) is 0 Å². The largest absolute Gasteiger partial charge is 0.482 e. The molecule has 4 nitrogen and oxygen atoms in total. The zero-order valence-electron chi connectivity index (χ0n) is 14.0. The topological polar surface area (TPSA) is 58.6 Å². The number of allylic oxidation sites excluding steroid dienone is 1. The Kier molecular flexibility index (Phi) is 4.06. The van der Waals surface area contributed by atoms with Crippen molar-refractivity contribution < 1.29 is 14.6 Å². The van der Waals surface area contributed by atoms with Crippen molar-refractivity contribution in [2.45, 2.75) is 24.9 Å². The van der Waals surface area contributed by atoms with E-state index in [1.54, 1.807) is 12.1 Å². The molecule has 1 saturated heterocycles. The number of aromatic carboxylic acids is 1. The first kappa shape index (κ1) is 15.9. The Balaban J connectivity index is 1.68. The summed E-state index contributed by atoms with van der Waals surface area (Å²) in [5.41, 5.74) is 3.59. The second-order valence-electron chi connectivity index (χ2n) is 6.76. The van der Waals surface area contributed by atoms with Crippen LogP contribution >= 0.6 is 0 Å². The summed E-state index contributed by atoms with van der Waals surface area (Å²) in [4.78, 5) is 11.0. The van der Waals surface area contributed by atoms with Crippen LogP contribution in [-0.2, 0) is 6.42 Å². The summed E-state index contributed by atoms with van der Waals surface area (Å²) < 4.78 is 6.38. The number of piperidine rings is 1. The maximum Gasteiger partial charge on any atom is 0.335 e. The van der Waals surface area contributed by atoms with Crippen LogP contribution < -0.4 is 10.1 Å². The van der Waals surface area contributed by atoms with E-state index < -0.39 is 5.97 Å². The van der Waals surface area contributed by atoms with Gasteiger partial charge in [0.2, 0.25) is 0 Å². The summed E-state index contributed by atoms with van der Waals surface area (Å²) in [7, 11) is 0. The van der Waals surface area contributed by atoms with Crippen molar-refractivity contribution in [2.75, 3.05) is 13.1 Å². The normalized spacial score (nSPS) is 18.2. The number of fused-ring (bicyclic) bond motifs is 1. The number of carboxylic acid groups (broad SMARTS) is 1. The maximum absolute atomic E-state index is 11.0. The van der Waals surface area contributed by atoms with Crippen LogP contribution in [0.4, 0.5) is 0 Å². The number of carboxylic acids is 1. The third kappa shape index (κ3) is 3.17. The highest BCUT2D eigenvalue weighted by Crippen LogP contribution is 2.41. The molecule has 2 heterocycles. The number of benzene rings is 2. The van der Waals surface area contributed by atoms with Crippen molar-refractivity contribution in [3.63, 3.8) is 0 Å². The molecule has 1 fully saturated rings. The van der Waals surface area contributed by atoms with E-state index in [4.69, 9.17) is 9.84 Å². The fourth-order valence-corrected chi connectivity index (χ4v) is 3.69. The number of ether oxygens (including phenoxy) is 1. The first-order valence-corrected chi connectivity index (χ1v) is 8.68. The van der Waals surface area contributed by atoms with Gasteiger partial charge in [-0.3, -0.25) is 0 Å². The van der Waals surface area contributed by atoms with Gasteiger partial charge < -0.3 is 15.2 Å². The highest BCUT2D eigenvalue weighted by molar-refractivity contribution is 5.87. The van der Waals surface area contributed by atoms with Gasteiger partial charge in [-0.1, -0.05) is 30.3 Å². The molecule has 0 unspecified atom stereocenters. The summed E-state index contributed by atoms with van der Waals surface area (Å²) >= 11 is 0. The quantitative estimate of drug-likeness (QED) is 0.901. The smallest absolute Gasteiger partial charge is 0.335 e. The summed E-state index contributed by atoms with van der Waals surface area (Å²) in [6.45, 7) is 1.92.